The zero-order chi connectivity index (χ0) is 26.8. The first kappa shape index (κ1) is 31.7. The number of methoxy groups -OCH3 is 1. The van der Waals surface area contributed by atoms with E-state index in [1.54, 1.807) is 24.4 Å². The number of ether oxygens (including phenoxy) is 1. The van der Waals surface area contributed by atoms with Crippen LogP contribution in [0.5, 0.6) is 5.75 Å². The number of carbonyl (C=O) groups excluding carboxylic acids is 1. The van der Waals surface area contributed by atoms with Gasteiger partial charge in [0.2, 0.25) is 0 Å². The molecule has 4 aromatic rings. The van der Waals surface area contributed by atoms with Gasteiger partial charge in [0, 0.05) is 36.6 Å². The molecular weight excluding hydrogens is 575 g/mol. The molecule has 2 aromatic carbocycles. The molecule has 1 N–H and O–H groups in total. The summed E-state index contributed by atoms with van der Waals surface area (Å²) < 4.78 is 34.9. The van der Waals surface area contributed by atoms with Gasteiger partial charge in [0.25, 0.3) is 5.91 Å². The van der Waals surface area contributed by atoms with Crippen molar-refractivity contribution in [1.29, 1.82) is 0 Å². The highest BCUT2D eigenvalue weighted by Crippen LogP contribution is 2.40. The molecule has 1 amide bonds. The Morgan fingerprint density at radius 2 is 1.75 bits per heavy atom. The van der Waals surface area contributed by atoms with Crippen molar-refractivity contribution in [3.8, 4) is 16.9 Å². The van der Waals surface area contributed by atoms with Gasteiger partial charge >= 0.3 is 0 Å². The number of carbonyl (C=O) groups is 1. The number of hydrogen-bond acceptors (Lipinski definition) is 5. The van der Waals surface area contributed by atoms with Crippen LogP contribution in [0.15, 0.2) is 54.9 Å². The van der Waals surface area contributed by atoms with Gasteiger partial charge in [-0.25, -0.2) is 8.78 Å². The second-order valence-corrected chi connectivity index (χ2v) is 10.9. The lowest BCUT2D eigenvalue weighted by molar-refractivity contribution is 0.0604. The number of amides is 1. The number of nitrogens with zero attached hydrogens (tertiary/aromatic N) is 2. The molecule has 40 heavy (non-hydrogen) atoms. The van der Waals surface area contributed by atoms with Crippen LogP contribution in [0.25, 0.3) is 21.2 Å². The van der Waals surface area contributed by atoms with Crippen LogP contribution in [0.3, 0.4) is 0 Å². The summed E-state index contributed by atoms with van der Waals surface area (Å²) in [5.74, 6) is -0.919. The fraction of sp³-hybridized carbons (Fsp3) is 0.333. The lowest BCUT2D eigenvalue weighted by Gasteiger charge is -2.37. The van der Waals surface area contributed by atoms with E-state index in [2.05, 4.69) is 10.3 Å². The molecule has 1 saturated carbocycles. The molecule has 2 aromatic heterocycles. The summed E-state index contributed by atoms with van der Waals surface area (Å²) in [6.45, 7) is 0.269. The van der Waals surface area contributed by atoms with Gasteiger partial charge in [-0.1, -0.05) is 25.1 Å². The number of fused-ring (bicyclic) bond motifs is 1. The molecular formula is C30H33Cl2F2N3O2S. The van der Waals surface area contributed by atoms with Crippen LogP contribution in [0, 0.1) is 11.6 Å². The topological polar surface area (TPSA) is 54.5 Å². The van der Waals surface area contributed by atoms with Crippen molar-refractivity contribution in [3.05, 3.63) is 82.0 Å². The number of rotatable bonds is 7. The predicted octanol–water partition coefficient (Wildman–Crippen LogP) is 8.13. The summed E-state index contributed by atoms with van der Waals surface area (Å²) in [7, 11) is 3.55. The lowest BCUT2D eigenvalue weighted by atomic mass is 9.89. The monoisotopic (exact) mass is 607 g/mol. The molecule has 0 radical (unpaired) electrons. The Bertz CT molecular complexity index is 1460. The molecule has 0 saturated heterocycles. The van der Waals surface area contributed by atoms with Crippen molar-refractivity contribution in [1.82, 2.24) is 15.2 Å². The standard InChI is InChI=1S/C29H28ClF2N3O2S.CH4.ClH/c1-33-20-4-6-21(7-5-20)35(29(36)28-26(30)25-22(31)8-9-23(32)27(25)38-28)16-19-15-18(3-10-24(19)37-2)17-11-13-34-14-12-17;;/h3,8-15,20-21,33H,4-7,16H2,1-2H3;1H4;1H. The van der Waals surface area contributed by atoms with Crippen molar-refractivity contribution in [2.24, 2.45) is 0 Å². The third kappa shape index (κ3) is 6.25. The van der Waals surface area contributed by atoms with E-state index >= 15 is 0 Å². The quantitative estimate of drug-likeness (QED) is 0.230. The Kier molecular flexibility index (Phi) is 10.9. The second kappa shape index (κ2) is 13.7. The molecule has 214 valence electrons. The van der Waals surface area contributed by atoms with Crippen molar-refractivity contribution >= 4 is 51.3 Å². The number of aromatic nitrogens is 1. The van der Waals surface area contributed by atoms with E-state index in [9.17, 15) is 13.6 Å². The fourth-order valence-corrected chi connectivity index (χ4v) is 6.72. The van der Waals surface area contributed by atoms with Crippen molar-refractivity contribution in [2.45, 2.75) is 51.7 Å². The number of hydrogen-bond donors (Lipinski definition) is 1. The largest absolute Gasteiger partial charge is 0.496 e. The molecule has 1 aliphatic rings. The van der Waals surface area contributed by atoms with Gasteiger partial charge in [-0.05, 0) is 80.3 Å². The van der Waals surface area contributed by atoms with E-state index in [0.29, 0.717) is 11.8 Å². The maximum Gasteiger partial charge on any atom is 0.266 e. The van der Waals surface area contributed by atoms with Crippen LogP contribution >= 0.6 is 35.3 Å². The minimum atomic E-state index is -0.644. The van der Waals surface area contributed by atoms with Crippen molar-refractivity contribution < 1.29 is 18.3 Å². The van der Waals surface area contributed by atoms with Crippen molar-refractivity contribution in [2.75, 3.05) is 14.2 Å². The Morgan fingerprint density at radius 1 is 1.07 bits per heavy atom. The number of nitrogens with one attached hydrogen (secondary N) is 1. The average Bonchev–Trinajstić information content (AvgIpc) is 3.32. The Hall–Kier alpha value is -2.78. The number of pyridine rings is 1. The predicted molar refractivity (Wildman–Crippen MR) is 162 cm³/mol. The highest BCUT2D eigenvalue weighted by molar-refractivity contribution is 7.21. The van der Waals surface area contributed by atoms with E-state index in [0.717, 1.165) is 65.8 Å². The zero-order valence-corrected chi connectivity index (χ0v) is 23.9. The summed E-state index contributed by atoms with van der Waals surface area (Å²) in [5, 5.41) is 3.24. The molecule has 5 rings (SSSR count). The molecule has 5 nitrogen and oxygen atoms in total. The summed E-state index contributed by atoms with van der Waals surface area (Å²) in [4.78, 5) is 20.1. The number of thiophene rings is 1. The molecule has 0 aliphatic heterocycles. The summed E-state index contributed by atoms with van der Waals surface area (Å²) in [6, 6.07) is 12.2. The van der Waals surface area contributed by atoms with Gasteiger partial charge in [-0.15, -0.1) is 23.7 Å². The molecule has 2 heterocycles. The average molecular weight is 609 g/mol. The first-order chi connectivity index (χ1) is 18.4. The van der Waals surface area contributed by atoms with Crippen LogP contribution in [-0.2, 0) is 6.54 Å². The fourth-order valence-electron chi connectivity index (χ4n) is 5.22. The first-order valence-electron chi connectivity index (χ1n) is 12.5. The van der Waals surface area contributed by atoms with Gasteiger partial charge in [-0.3, -0.25) is 9.78 Å². The molecule has 1 aliphatic carbocycles. The highest BCUT2D eigenvalue weighted by atomic mass is 35.5. The summed E-state index contributed by atoms with van der Waals surface area (Å²) >= 11 is 7.44. The maximum absolute atomic E-state index is 14.6. The Labute approximate surface area is 248 Å². The van der Waals surface area contributed by atoms with Gasteiger partial charge in [-0.2, -0.15) is 0 Å². The molecule has 1 fully saturated rings. The van der Waals surface area contributed by atoms with Gasteiger partial charge in [0.1, 0.15) is 22.3 Å². The number of benzene rings is 2. The van der Waals surface area contributed by atoms with E-state index in [-0.39, 0.29) is 58.3 Å². The third-order valence-electron chi connectivity index (χ3n) is 7.32. The summed E-state index contributed by atoms with van der Waals surface area (Å²) in [5.41, 5.74) is 2.80. The first-order valence-corrected chi connectivity index (χ1v) is 13.7. The van der Waals surface area contributed by atoms with Crippen molar-refractivity contribution in [3.63, 3.8) is 0 Å². The maximum atomic E-state index is 14.6. The van der Waals surface area contributed by atoms with Gasteiger partial charge in [0.15, 0.2) is 0 Å². The minimum Gasteiger partial charge on any atom is -0.496 e. The lowest BCUT2D eigenvalue weighted by Crippen LogP contribution is -2.44. The number of halogens is 4. The van der Waals surface area contributed by atoms with Gasteiger partial charge in [0.05, 0.1) is 22.2 Å². The van der Waals surface area contributed by atoms with E-state index < -0.39 is 11.6 Å². The molecule has 0 unspecified atom stereocenters. The molecule has 0 atom stereocenters. The Balaban J connectivity index is 0.00000220. The minimum absolute atomic E-state index is 0. The smallest absolute Gasteiger partial charge is 0.266 e. The normalized spacial score (nSPS) is 16.6. The summed E-state index contributed by atoms with van der Waals surface area (Å²) in [6.07, 6.45) is 6.91. The van der Waals surface area contributed by atoms with Crippen LogP contribution in [0.2, 0.25) is 5.02 Å². The second-order valence-electron chi connectivity index (χ2n) is 9.47. The van der Waals surface area contributed by atoms with Crippen LogP contribution in [-0.4, -0.2) is 42.0 Å². The van der Waals surface area contributed by atoms with Gasteiger partial charge < -0.3 is 15.0 Å². The van der Waals surface area contributed by atoms with Crippen LogP contribution < -0.4 is 10.1 Å². The van der Waals surface area contributed by atoms with E-state index in [1.165, 1.54) is 0 Å². The van der Waals surface area contributed by atoms with Crippen LogP contribution in [0.1, 0.15) is 48.3 Å². The SMILES string of the molecule is C.CNC1CCC(N(Cc2cc(-c3ccncc3)ccc2OC)C(=O)c2sc3c(F)ccc(F)c3c2Cl)CC1.Cl. The van der Waals surface area contributed by atoms with Crippen LogP contribution in [0.4, 0.5) is 8.78 Å². The van der Waals surface area contributed by atoms with E-state index in [1.807, 2.05) is 37.4 Å². The highest BCUT2D eigenvalue weighted by Gasteiger charge is 2.33. The molecule has 10 heteroatoms. The third-order valence-corrected chi connectivity index (χ3v) is 8.99. The molecule has 0 spiro atoms. The molecule has 0 bridgehead atoms. The zero-order valence-electron chi connectivity index (χ0n) is 21.5. The Morgan fingerprint density at radius 3 is 2.38 bits per heavy atom. The van der Waals surface area contributed by atoms with E-state index in [4.69, 9.17) is 16.3 Å².